The molecule has 0 saturated carbocycles. The molecule has 2 aromatic heterocycles. The molecule has 124 valence electrons. The second kappa shape index (κ2) is 5.52. The van der Waals surface area contributed by atoms with Gasteiger partial charge in [-0.3, -0.25) is 0 Å². The molecular weight excluding hydrogens is 324 g/mol. The monoisotopic (exact) mass is 336 g/mol. The van der Waals surface area contributed by atoms with Crippen LogP contribution in [0, 0.1) is 0 Å². The summed E-state index contributed by atoms with van der Waals surface area (Å²) in [6, 6.07) is 12.0. The average molecular weight is 336 g/mol. The van der Waals surface area contributed by atoms with Crippen molar-refractivity contribution >= 4 is 21.9 Å². The van der Waals surface area contributed by atoms with E-state index in [1.54, 1.807) is 24.3 Å². The van der Waals surface area contributed by atoms with Gasteiger partial charge in [0.1, 0.15) is 22.7 Å². The van der Waals surface area contributed by atoms with Crippen molar-refractivity contribution in [3.05, 3.63) is 80.5 Å². The highest BCUT2D eigenvalue weighted by Crippen LogP contribution is 2.34. The number of rotatable bonds is 2. The first kappa shape index (κ1) is 15.0. The zero-order chi connectivity index (χ0) is 17.6. The zero-order valence-electron chi connectivity index (χ0n) is 12.9. The van der Waals surface area contributed by atoms with E-state index in [2.05, 4.69) is 0 Å². The van der Waals surface area contributed by atoms with Crippen molar-refractivity contribution < 1.29 is 19.0 Å². The van der Waals surface area contributed by atoms with Crippen molar-refractivity contribution in [1.82, 2.24) is 0 Å². The number of phenols is 2. The van der Waals surface area contributed by atoms with Gasteiger partial charge in [-0.2, -0.15) is 0 Å². The maximum absolute atomic E-state index is 11.6. The van der Waals surface area contributed by atoms with E-state index in [0.29, 0.717) is 21.9 Å². The van der Waals surface area contributed by atoms with Crippen LogP contribution < -0.4 is 11.3 Å². The molecule has 0 bridgehead atoms. The third-order valence-electron chi connectivity index (χ3n) is 4.09. The molecule has 0 aliphatic rings. The van der Waals surface area contributed by atoms with E-state index >= 15 is 0 Å². The topological polar surface area (TPSA) is 101 Å². The van der Waals surface area contributed by atoms with Gasteiger partial charge in [-0.25, -0.2) is 9.59 Å². The summed E-state index contributed by atoms with van der Waals surface area (Å²) in [5.41, 5.74) is -0.000543. The first-order chi connectivity index (χ1) is 12.0. The molecule has 4 rings (SSSR count). The molecule has 2 aromatic carbocycles. The predicted octanol–water partition coefficient (Wildman–Crippen LogP) is 2.90. The molecule has 0 aliphatic heterocycles. The van der Waals surface area contributed by atoms with E-state index in [1.807, 2.05) is 0 Å². The van der Waals surface area contributed by atoms with Crippen LogP contribution in [0.15, 0.2) is 67.0 Å². The molecule has 0 radical (unpaired) electrons. The Kier molecular flexibility index (Phi) is 3.32. The van der Waals surface area contributed by atoms with Crippen molar-refractivity contribution in [2.24, 2.45) is 0 Å². The quantitative estimate of drug-likeness (QED) is 0.546. The van der Waals surface area contributed by atoms with E-state index in [0.717, 1.165) is 0 Å². The minimum atomic E-state index is -0.548. The van der Waals surface area contributed by atoms with Gasteiger partial charge in [0.2, 0.25) is 0 Å². The second-order valence-electron chi connectivity index (χ2n) is 5.65. The lowest BCUT2D eigenvalue weighted by atomic mass is 9.99. The number of hydrogen-bond acceptors (Lipinski definition) is 6. The van der Waals surface area contributed by atoms with Crippen LogP contribution in [0.1, 0.15) is 11.1 Å². The van der Waals surface area contributed by atoms with Crippen molar-refractivity contribution in [1.29, 1.82) is 0 Å². The third-order valence-corrected chi connectivity index (χ3v) is 4.09. The average Bonchev–Trinajstić information content (AvgIpc) is 2.59. The smallest absolute Gasteiger partial charge is 0.336 e. The minimum absolute atomic E-state index is 0.0201. The highest BCUT2D eigenvalue weighted by Gasteiger charge is 2.16. The summed E-state index contributed by atoms with van der Waals surface area (Å²) < 4.78 is 10.5. The summed E-state index contributed by atoms with van der Waals surface area (Å²) in [6.45, 7) is 0. The van der Waals surface area contributed by atoms with Gasteiger partial charge in [0.05, 0.1) is 0 Å². The number of phenolic OH excluding ortho intramolecular Hbond substituents is 2. The van der Waals surface area contributed by atoms with E-state index in [4.69, 9.17) is 8.83 Å². The van der Waals surface area contributed by atoms with Crippen LogP contribution in [0.25, 0.3) is 21.9 Å². The van der Waals surface area contributed by atoms with E-state index in [-0.39, 0.29) is 29.1 Å². The Morgan fingerprint density at radius 2 is 1.04 bits per heavy atom. The second-order valence-corrected chi connectivity index (χ2v) is 5.65. The van der Waals surface area contributed by atoms with Gasteiger partial charge in [-0.05, 0) is 36.4 Å². The highest BCUT2D eigenvalue weighted by molar-refractivity contribution is 5.85. The third kappa shape index (κ3) is 2.53. The largest absolute Gasteiger partial charge is 0.508 e. The minimum Gasteiger partial charge on any atom is -0.508 e. The van der Waals surface area contributed by atoms with Crippen LogP contribution in [0.5, 0.6) is 11.5 Å². The summed E-state index contributed by atoms with van der Waals surface area (Å²) in [4.78, 5) is 23.1. The molecule has 0 aliphatic carbocycles. The van der Waals surface area contributed by atoms with E-state index in [1.165, 1.54) is 24.3 Å². The van der Waals surface area contributed by atoms with Crippen LogP contribution in [0.3, 0.4) is 0 Å². The first-order valence-corrected chi connectivity index (χ1v) is 7.52. The van der Waals surface area contributed by atoms with Crippen LogP contribution >= 0.6 is 0 Å². The molecule has 0 spiro atoms. The number of fused-ring (bicyclic) bond motifs is 2. The SMILES string of the molecule is O=c1ccc2ccc(O)c(Cc3c(O)ccc4ccc(=O)oc34)c2o1. The van der Waals surface area contributed by atoms with Crippen LogP contribution in [-0.2, 0) is 6.42 Å². The summed E-state index contributed by atoms with van der Waals surface area (Å²) in [5.74, 6) is -0.173. The van der Waals surface area contributed by atoms with Crippen molar-refractivity contribution in [2.75, 3.05) is 0 Å². The summed E-state index contributed by atoms with van der Waals surface area (Å²) >= 11 is 0. The van der Waals surface area contributed by atoms with Crippen molar-refractivity contribution in [3.8, 4) is 11.5 Å². The van der Waals surface area contributed by atoms with Crippen molar-refractivity contribution in [2.45, 2.75) is 6.42 Å². The summed E-state index contributed by atoms with van der Waals surface area (Å²) in [6.07, 6.45) is 0.0201. The van der Waals surface area contributed by atoms with E-state index < -0.39 is 11.3 Å². The Hall–Kier alpha value is -3.54. The molecule has 2 heterocycles. The van der Waals surface area contributed by atoms with Gasteiger partial charge in [0.25, 0.3) is 0 Å². The molecule has 6 heteroatoms. The fourth-order valence-corrected chi connectivity index (χ4v) is 2.88. The van der Waals surface area contributed by atoms with Gasteiger partial charge in [-0.15, -0.1) is 0 Å². The lowest BCUT2D eigenvalue weighted by Gasteiger charge is -2.10. The van der Waals surface area contributed by atoms with Crippen LogP contribution in [-0.4, -0.2) is 10.2 Å². The Bertz CT molecular complexity index is 1140. The maximum atomic E-state index is 11.6. The number of benzene rings is 2. The summed E-state index contributed by atoms with van der Waals surface area (Å²) in [7, 11) is 0. The first-order valence-electron chi connectivity index (χ1n) is 7.52. The highest BCUT2D eigenvalue weighted by atomic mass is 16.4. The molecule has 0 fully saturated rings. The van der Waals surface area contributed by atoms with Crippen LogP contribution in [0.2, 0.25) is 0 Å². The lowest BCUT2D eigenvalue weighted by molar-refractivity contribution is 0.459. The van der Waals surface area contributed by atoms with E-state index in [9.17, 15) is 19.8 Å². The number of hydrogen-bond donors (Lipinski definition) is 2. The normalized spacial score (nSPS) is 11.2. The molecule has 25 heavy (non-hydrogen) atoms. The Labute approximate surface area is 140 Å². The predicted molar refractivity (Wildman–Crippen MR) is 91.1 cm³/mol. The molecule has 4 aromatic rings. The fraction of sp³-hybridized carbons (Fsp3) is 0.0526. The fourth-order valence-electron chi connectivity index (χ4n) is 2.88. The Morgan fingerprint density at radius 3 is 1.48 bits per heavy atom. The molecular formula is C19H12O6. The summed E-state index contributed by atoms with van der Waals surface area (Å²) in [5, 5.41) is 21.8. The van der Waals surface area contributed by atoms with Gasteiger partial charge >= 0.3 is 11.3 Å². The lowest BCUT2D eigenvalue weighted by Crippen LogP contribution is -2.00. The van der Waals surface area contributed by atoms with Gasteiger partial charge < -0.3 is 19.0 Å². The molecule has 0 unspecified atom stereocenters. The zero-order valence-corrected chi connectivity index (χ0v) is 12.9. The van der Waals surface area contributed by atoms with Crippen LogP contribution in [0.4, 0.5) is 0 Å². The Balaban J connectivity index is 2.00. The van der Waals surface area contributed by atoms with Gasteiger partial charge in [-0.1, -0.05) is 0 Å². The maximum Gasteiger partial charge on any atom is 0.336 e. The molecule has 6 nitrogen and oxygen atoms in total. The number of aromatic hydroxyl groups is 2. The van der Waals surface area contributed by atoms with Gasteiger partial charge in [0.15, 0.2) is 0 Å². The van der Waals surface area contributed by atoms with Gasteiger partial charge in [0, 0.05) is 40.5 Å². The molecule has 0 saturated heterocycles. The standard InChI is InChI=1S/C19H12O6/c20-14-5-1-10-3-7-16(22)24-18(10)12(14)9-13-15(21)6-2-11-4-8-17(23)25-19(11)13/h1-8,20-21H,9H2. The Morgan fingerprint density at radius 1 is 0.640 bits per heavy atom. The molecule has 0 amide bonds. The molecule has 2 N–H and O–H groups in total. The molecule has 0 atom stereocenters. The van der Waals surface area contributed by atoms with Crippen molar-refractivity contribution in [3.63, 3.8) is 0 Å².